The van der Waals surface area contributed by atoms with Gasteiger partial charge in [0.15, 0.2) is 9.84 Å². The Labute approximate surface area is 184 Å². The first-order chi connectivity index (χ1) is 15.0. The average molecular weight is 438 g/mol. The van der Waals surface area contributed by atoms with E-state index in [4.69, 9.17) is 4.74 Å². The Bertz CT molecular complexity index is 1070. The summed E-state index contributed by atoms with van der Waals surface area (Å²) in [6, 6.07) is 27.3. The molecule has 3 aromatic rings. The van der Waals surface area contributed by atoms with Gasteiger partial charge in [0.2, 0.25) is 5.91 Å². The summed E-state index contributed by atoms with van der Waals surface area (Å²) in [6.45, 7) is 0.491. The molecule has 0 aliphatic rings. The number of sulfone groups is 1. The molecule has 0 bridgehead atoms. The topological polar surface area (TPSA) is 72.5 Å². The normalized spacial score (nSPS) is 11.1. The monoisotopic (exact) mass is 437 g/mol. The maximum atomic E-state index is 12.2. The smallest absolute Gasteiger partial charge is 0.235 e. The molecule has 0 spiro atoms. The first-order valence-electron chi connectivity index (χ1n) is 10.3. The molecule has 0 atom stereocenters. The number of para-hydroxylation sites is 1. The fourth-order valence-corrected chi connectivity index (χ4v) is 4.49. The zero-order valence-electron chi connectivity index (χ0n) is 17.4. The fraction of sp³-hybridized carbons (Fsp3) is 0.240. The van der Waals surface area contributed by atoms with Crippen molar-refractivity contribution in [2.24, 2.45) is 0 Å². The summed E-state index contributed by atoms with van der Waals surface area (Å²) in [5.74, 6) is -0.283. The van der Waals surface area contributed by atoms with Crippen LogP contribution in [-0.4, -0.2) is 39.0 Å². The second-order valence-corrected chi connectivity index (χ2v) is 9.43. The second-order valence-electron chi connectivity index (χ2n) is 7.24. The molecule has 0 aliphatic carbocycles. The summed E-state index contributed by atoms with van der Waals surface area (Å²) in [5.41, 5.74) is 3.11. The van der Waals surface area contributed by atoms with Gasteiger partial charge in [-0.15, -0.1) is 0 Å². The molecule has 0 radical (unpaired) electrons. The fourth-order valence-electron chi connectivity index (χ4n) is 3.26. The SMILES string of the molecule is O=C(CS(=O)(=O)CCCc1ccccc1)NCCOc1ccccc1-c1ccccc1. The average Bonchev–Trinajstić information content (AvgIpc) is 2.78. The van der Waals surface area contributed by atoms with E-state index in [9.17, 15) is 13.2 Å². The van der Waals surface area contributed by atoms with Crippen molar-refractivity contribution in [3.05, 3.63) is 90.5 Å². The molecular weight excluding hydrogens is 410 g/mol. The van der Waals surface area contributed by atoms with Gasteiger partial charge in [-0.1, -0.05) is 78.9 Å². The number of amides is 1. The van der Waals surface area contributed by atoms with Crippen molar-refractivity contribution in [1.29, 1.82) is 0 Å². The van der Waals surface area contributed by atoms with Crippen LogP contribution in [0.2, 0.25) is 0 Å². The van der Waals surface area contributed by atoms with Gasteiger partial charge in [-0.2, -0.15) is 0 Å². The van der Waals surface area contributed by atoms with E-state index in [0.29, 0.717) is 12.8 Å². The van der Waals surface area contributed by atoms with Gasteiger partial charge in [0.1, 0.15) is 18.1 Å². The quantitative estimate of drug-likeness (QED) is 0.462. The van der Waals surface area contributed by atoms with Crippen LogP contribution in [0.15, 0.2) is 84.9 Å². The molecule has 0 aliphatic heterocycles. The predicted molar refractivity (Wildman–Crippen MR) is 124 cm³/mol. The molecular formula is C25H27NO4S. The van der Waals surface area contributed by atoms with Crippen LogP contribution >= 0.6 is 0 Å². The lowest BCUT2D eigenvalue weighted by molar-refractivity contribution is -0.118. The molecule has 0 unspecified atom stereocenters. The Morgan fingerprint density at radius 1 is 0.839 bits per heavy atom. The van der Waals surface area contributed by atoms with Crippen LogP contribution in [0.1, 0.15) is 12.0 Å². The minimum Gasteiger partial charge on any atom is -0.491 e. The van der Waals surface area contributed by atoms with Gasteiger partial charge in [0.05, 0.1) is 12.3 Å². The number of hydrogen-bond donors (Lipinski definition) is 1. The number of hydrogen-bond acceptors (Lipinski definition) is 4. The summed E-state index contributed by atoms with van der Waals surface area (Å²) in [6.07, 6.45) is 1.18. The van der Waals surface area contributed by atoms with Crippen LogP contribution in [0.5, 0.6) is 5.75 Å². The Kier molecular flexibility index (Phi) is 8.24. The highest BCUT2D eigenvalue weighted by Gasteiger charge is 2.16. The summed E-state index contributed by atoms with van der Waals surface area (Å²) in [4.78, 5) is 12.0. The van der Waals surface area contributed by atoms with E-state index in [1.807, 2.05) is 84.9 Å². The van der Waals surface area contributed by atoms with E-state index in [2.05, 4.69) is 5.32 Å². The van der Waals surface area contributed by atoms with Crippen LogP contribution in [0.25, 0.3) is 11.1 Å². The standard InChI is InChI=1S/C25H27NO4S/c27-25(20-31(28,29)19-9-12-21-10-3-1-4-11-21)26-17-18-30-24-16-8-7-15-23(24)22-13-5-2-6-14-22/h1-8,10-11,13-16H,9,12,17-20H2,(H,26,27). The maximum absolute atomic E-state index is 12.2. The molecule has 0 saturated carbocycles. The van der Waals surface area contributed by atoms with Crippen molar-refractivity contribution in [3.8, 4) is 16.9 Å². The maximum Gasteiger partial charge on any atom is 0.235 e. The lowest BCUT2D eigenvalue weighted by Crippen LogP contribution is -2.34. The summed E-state index contributed by atoms with van der Waals surface area (Å²) >= 11 is 0. The van der Waals surface area contributed by atoms with Gasteiger partial charge in [-0.3, -0.25) is 4.79 Å². The van der Waals surface area contributed by atoms with E-state index < -0.39 is 21.5 Å². The highest BCUT2D eigenvalue weighted by Crippen LogP contribution is 2.29. The van der Waals surface area contributed by atoms with E-state index >= 15 is 0 Å². The second kappa shape index (κ2) is 11.3. The van der Waals surface area contributed by atoms with Crippen molar-refractivity contribution in [2.45, 2.75) is 12.8 Å². The Balaban J connectivity index is 1.40. The molecule has 6 heteroatoms. The molecule has 1 N–H and O–H groups in total. The molecule has 0 saturated heterocycles. The zero-order chi connectivity index (χ0) is 21.9. The third-order valence-electron chi connectivity index (χ3n) is 4.77. The lowest BCUT2D eigenvalue weighted by atomic mass is 10.1. The van der Waals surface area contributed by atoms with E-state index in [0.717, 1.165) is 22.4 Å². The van der Waals surface area contributed by atoms with Crippen LogP contribution in [0, 0.1) is 0 Å². The number of carbonyl (C=O) groups excluding carboxylic acids is 1. The summed E-state index contributed by atoms with van der Waals surface area (Å²) in [7, 11) is -3.44. The zero-order valence-corrected chi connectivity index (χ0v) is 18.2. The Morgan fingerprint density at radius 3 is 2.23 bits per heavy atom. The number of aryl methyl sites for hydroxylation is 1. The number of rotatable bonds is 11. The van der Waals surface area contributed by atoms with E-state index in [-0.39, 0.29) is 18.9 Å². The molecule has 3 aromatic carbocycles. The first kappa shape index (κ1) is 22.6. The molecule has 0 fully saturated rings. The molecule has 5 nitrogen and oxygen atoms in total. The summed E-state index contributed by atoms with van der Waals surface area (Å²) in [5, 5.41) is 2.63. The molecule has 0 heterocycles. The van der Waals surface area contributed by atoms with Crippen molar-refractivity contribution in [1.82, 2.24) is 5.32 Å². The van der Waals surface area contributed by atoms with Crippen LogP contribution in [0.4, 0.5) is 0 Å². The Morgan fingerprint density at radius 2 is 1.48 bits per heavy atom. The third kappa shape index (κ3) is 7.57. The van der Waals surface area contributed by atoms with E-state index in [1.54, 1.807) is 0 Å². The van der Waals surface area contributed by atoms with Crippen molar-refractivity contribution < 1.29 is 17.9 Å². The summed E-state index contributed by atoms with van der Waals surface area (Å²) < 4.78 is 30.2. The third-order valence-corrected chi connectivity index (χ3v) is 6.38. The van der Waals surface area contributed by atoms with Gasteiger partial charge < -0.3 is 10.1 Å². The van der Waals surface area contributed by atoms with Crippen molar-refractivity contribution >= 4 is 15.7 Å². The minimum absolute atomic E-state index is 0.00371. The minimum atomic E-state index is -3.44. The van der Waals surface area contributed by atoms with Gasteiger partial charge >= 0.3 is 0 Å². The highest BCUT2D eigenvalue weighted by molar-refractivity contribution is 7.92. The van der Waals surface area contributed by atoms with Crippen molar-refractivity contribution in [2.75, 3.05) is 24.7 Å². The number of ether oxygens (including phenoxy) is 1. The number of benzene rings is 3. The van der Waals surface area contributed by atoms with Gasteiger partial charge in [-0.25, -0.2) is 8.42 Å². The number of carbonyl (C=O) groups is 1. The largest absolute Gasteiger partial charge is 0.491 e. The predicted octanol–water partition coefficient (Wildman–Crippen LogP) is 3.90. The molecule has 3 rings (SSSR count). The molecule has 0 aromatic heterocycles. The highest BCUT2D eigenvalue weighted by atomic mass is 32.2. The lowest BCUT2D eigenvalue weighted by Gasteiger charge is -2.12. The first-order valence-corrected chi connectivity index (χ1v) is 12.1. The van der Waals surface area contributed by atoms with Gasteiger partial charge in [0, 0.05) is 5.56 Å². The van der Waals surface area contributed by atoms with Crippen LogP contribution in [0.3, 0.4) is 0 Å². The Hall–Kier alpha value is -3.12. The molecule has 31 heavy (non-hydrogen) atoms. The van der Waals surface area contributed by atoms with Crippen molar-refractivity contribution in [3.63, 3.8) is 0 Å². The van der Waals surface area contributed by atoms with Gasteiger partial charge in [-0.05, 0) is 30.0 Å². The van der Waals surface area contributed by atoms with E-state index in [1.165, 1.54) is 0 Å². The molecule has 162 valence electrons. The molecule has 1 amide bonds. The van der Waals surface area contributed by atoms with Crippen LogP contribution in [-0.2, 0) is 21.1 Å². The number of nitrogens with one attached hydrogen (secondary N) is 1. The van der Waals surface area contributed by atoms with Gasteiger partial charge in [0.25, 0.3) is 0 Å². The van der Waals surface area contributed by atoms with Crippen LogP contribution < -0.4 is 10.1 Å².